The second kappa shape index (κ2) is 6.34. The van der Waals surface area contributed by atoms with Crippen LogP contribution >= 0.6 is 0 Å². The SMILES string of the molecule is O=C(O)CCN[C@H]1CC[C@@]2(O)[C@H]3Cc4ccc(O)c5c4C2(CCN3CC2CC2)[C@H]1O5. The number of aliphatic carboxylic acids is 1. The molecule has 0 amide bonds. The summed E-state index contributed by atoms with van der Waals surface area (Å²) in [5, 5.41) is 35.3. The average Bonchev–Trinajstić information content (AvgIpc) is 3.44. The molecule has 3 aliphatic carbocycles. The fraction of sp³-hybridized carbons (Fsp3) is 0.696. The van der Waals surface area contributed by atoms with Crippen molar-refractivity contribution in [1.29, 1.82) is 0 Å². The Balaban J connectivity index is 1.42. The molecule has 2 saturated carbocycles. The molecule has 7 nitrogen and oxygen atoms in total. The lowest BCUT2D eigenvalue weighted by Crippen LogP contribution is -2.78. The van der Waals surface area contributed by atoms with Crippen molar-refractivity contribution in [1.82, 2.24) is 10.2 Å². The maximum Gasteiger partial charge on any atom is 0.304 e. The molecular formula is C23H30N2O5. The van der Waals surface area contributed by atoms with Crippen molar-refractivity contribution in [3.05, 3.63) is 23.3 Å². The maximum atomic E-state index is 12.3. The molecule has 1 aromatic carbocycles. The van der Waals surface area contributed by atoms with Crippen molar-refractivity contribution in [3.63, 3.8) is 0 Å². The monoisotopic (exact) mass is 414 g/mol. The molecule has 7 heteroatoms. The van der Waals surface area contributed by atoms with Crippen LogP contribution in [0.4, 0.5) is 0 Å². The first kappa shape index (κ1) is 18.9. The van der Waals surface area contributed by atoms with Crippen LogP contribution in [0.25, 0.3) is 0 Å². The highest BCUT2D eigenvalue weighted by molar-refractivity contribution is 5.67. The molecule has 1 saturated heterocycles. The van der Waals surface area contributed by atoms with Gasteiger partial charge in [0, 0.05) is 30.7 Å². The van der Waals surface area contributed by atoms with Crippen LogP contribution in [0.2, 0.25) is 0 Å². The lowest BCUT2D eigenvalue weighted by molar-refractivity contribution is -0.191. The van der Waals surface area contributed by atoms with Gasteiger partial charge in [0.25, 0.3) is 0 Å². The Labute approximate surface area is 176 Å². The van der Waals surface area contributed by atoms with Gasteiger partial charge in [-0.25, -0.2) is 0 Å². The van der Waals surface area contributed by atoms with Crippen LogP contribution in [0, 0.1) is 5.92 Å². The molecule has 0 aromatic heterocycles. The molecule has 5 aliphatic rings. The molecule has 30 heavy (non-hydrogen) atoms. The number of hydrogen-bond acceptors (Lipinski definition) is 6. The minimum atomic E-state index is -0.887. The Morgan fingerprint density at radius 2 is 2.10 bits per heavy atom. The van der Waals surface area contributed by atoms with Gasteiger partial charge in [-0.05, 0) is 62.6 Å². The predicted molar refractivity (Wildman–Crippen MR) is 109 cm³/mol. The molecule has 1 spiro atoms. The van der Waals surface area contributed by atoms with E-state index in [1.165, 1.54) is 18.4 Å². The summed E-state index contributed by atoms with van der Waals surface area (Å²) in [4.78, 5) is 13.5. The molecule has 5 atom stereocenters. The van der Waals surface area contributed by atoms with Crippen LogP contribution in [0.5, 0.6) is 11.5 Å². The first-order valence-electron chi connectivity index (χ1n) is 11.4. The number of phenols is 1. The molecule has 162 valence electrons. The average molecular weight is 415 g/mol. The number of nitrogens with zero attached hydrogens (tertiary/aromatic N) is 1. The molecular weight excluding hydrogens is 384 g/mol. The van der Waals surface area contributed by atoms with E-state index in [0.29, 0.717) is 18.7 Å². The molecule has 6 rings (SSSR count). The van der Waals surface area contributed by atoms with Crippen molar-refractivity contribution >= 4 is 5.97 Å². The lowest BCUT2D eigenvalue weighted by Gasteiger charge is -2.64. The number of aromatic hydroxyl groups is 1. The van der Waals surface area contributed by atoms with Crippen LogP contribution < -0.4 is 10.1 Å². The van der Waals surface area contributed by atoms with E-state index >= 15 is 0 Å². The van der Waals surface area contributed by atoms with Crippen LogP contribution in [-0.2, 0) is 16.6 Å². The number of phenolic OH excluding ortho intramolecular Hbond substituents is 1. The molecule has 2 aliphatic heterocycles. The van der Waals surface area contributed by atoms with E-state index in [1.54, 1.807) is 6.07 Å². The second-order valence-corrected chi connectivity index (χ2v) is 10.0. The van der Waals surface area contributed by atoms with Gasteiger partial charge in [0.1, 0.15) is 6.10 Å². The number of carboxylic acids is 1. The topological polar surface area (TPSA) is 102 Å². The number of rotatable bonds is 6. The molecule has 1 aromatic rings. The third kappa shape index (κ3) is 2.40. The second-order valence-electron chi connectivity index (χ2n) is 10.0. The summed E-state index contributed by atoms with van der Waals surface area (Å²) in [6.07, 6.45) is 5.35. The molecule has 1 unspecified atom stereocenters. The van der Waals surface area contributed by atoms with Gasteiger partial charge >= 0.3 is 5.97 Å². The minimum Gasteiger partial charge on any atom is -0.504 e. The van der Waals surface area contributed by atoms with Gasteiger partial charge in [-0.1, -0.05) is 6.07 Å². The van der Waals surface area contributed by atoms with Crippen LogP contribution in [0.1, 0.15) is 49.7 Å². The van der Waals surface area contributed by atoms with Gasteiger partial charge in [0.2, 0.25) is 0 Å². The highest BCUT2D eigenvalue weighted by Crippen LogP contribution is 2.65. The summed E-state index contributed by atoms with van der Waals surface area (Å²) in [6, 6.07) is 3.76. The summed E-state index contributed by atoms with van der Waals surface area (Å²) in [5.41, 5.74) is 0.772. The van der Waals surface area contributed by atoms with E-state index in [1.807, 2.05) is 6.07 Å². The number of aliphatic hydroxyl groups is 1. The number of carbonyl (C=O) groups is 1. The van der Waals surface area contributed by atoms with Crippen molar-refractivity contribution in [2.24, 2.45) is 5.92 Å². The van der Waals surface area contributed by atoms with Gasteiger partial charge in [-0.3, -0.25) is 9.69 Å². The molecule has 0 radical (unpaired) electrons. The Kier molecular flexibility index (Phi) is 4.00. The Morgan fingerprint density at radius 3 is 2.87 bits per heavy atom. The van der Waals surface area contributed by atoms with E-state index in [-0.39, 0.29) is 30.4 Å². The number of nitrogens with one attached hydrogen (secondary N) is 1. The fourth-order valence-electron chi connectivity index (χ4n) is 7.06. The van der Waals surface area contributed by atoms with Gasteiger partial charge < -0.3 is 25.4 Å². The van der Waals surface area contributed by atoms with Crippen molar-refractivity contribution < 1.29 is 24.9 Å². The van der Waals surface area contributed by atoms with Gasteiger partial charge in [0.15, 0.2) is 11.5 Å². The Hall–Kier alpha value is -1.83. The summed E-state index contributed by atoms with van der Waals surface area (Å²) in [5.74, 6) is 0.624. The van der Waals surface area contributed by atoms with Gasteiger partial charge in [-0.2, -0.15) is 0 Å². The van der Waals surface area contributed by atoms with Crippen molar-refractivity contribution in [2.75, 3.05) is 19.6 Å². The van der Waals surface area contributed by atoms with Crippen molar-refractivity contribution in [3.8, 4) is 11.5 Å². The van der Waals surface area contributed by atoms with Gasteiger partial charge in [-0.15, -0.1) is 0 Å². The van der Waals surface area contributed by atoms with E-state index in [0.717, 1.165) is 43.8 Å². The Bertz CT molecular complexity index is 902. The third-order valence-electron chi connectivity index (χ3n) is 8.51. The van der Waals surface area contributed by atoms with Crippen LogP contribution in [0.15, 0.2) is 12.1 Å². The quantitative estimate of drug-likeness (QED) is 0.558. The van der Waals surface area contributed by atoms with E-state index in [4.69, 9.17) is 9.84 Å². The van der Waals surface area contributed by atoms with Crippen LogP contribution in [0.3, 0.4) is 0 Å². The molecule has 4 N–H and O–H groups in total. The summed E-state index contributed by atoms with van der Waals surface area (Å²) in [6.45, 7) is 2.37. The summed E-state index contributed by atoms with van der Waals surface area (Å²) >= 11 is 0. The first-order valence-corrected chi connectivity index (χ1v) is 11.4. The highest BCUT2D eigenvalue weighted by atomic mass is 16.5. The number of benzene rings is 1. The normalized spacial score (nSPS) is 38.8. The number of ether oxygens (including phenoxy) is 1. The minimum absolute atomic E-state index is 0.0435. The van der Waals surface area contributed by atoms with E-state index in [2.05, 4.69) is 10.2 Å². The largest absolute Gasteiger partial charge is 0.504 e. The van der Waals surface area contributed by atoms with Gasteiger partial charge in [0.05, 0.1) is 17.4 Å². The number of carboxylic acid groups (broad SMARTS) is 1. The smallest absolute Gasteiger partial charge is 0.304 e. The van der Waals surface area contributed by atoms with E-state index < -0.39 is 17.0 Å². The Morgan fingerprint density at radius 1 is 1.27 bits per heavy atom. The zero-order chi connectivity index (χ0) is 20.7. The number of piperidine rings is 1. The lowest BCUT2D eigenvalue weighted by atomic mass is 9.48. The molecule has 2 bridgehead atoms. The zero-order valence-electron chi connectivity index (χ0n) is 17.1. The predicted octanol–water partition coefficient (Wildman–Crippen LogP) is 1.39. The van der Waals surface area contributed by atoms with Crippen molar-refractivity contribution in [2.45, 2.75) is 74.1 Å². The molecule has 2 heterocycles. The summed E-state index contributed by atoms with van der Waals surface area (Å²) < 4.78 is 6.43. The van der Waals surface area contributed by atoms with Crippen LogP contribution in [-0.4, -0.2) is 69.6 Å². The standard InChI is InChI=1S/C23H30N2O5/c26-16-4-3-14-11-17-23(29)7-5-15(24-9-6-18(27)28)21-22(23,19(14)20(16)30-21)8-10-25(17)12-13-1-2-13/h3-4,13,15,17,21,24,26,29H,1-2,5-12H2,(H,27,28)/t15-,17+,21-,22?,23+/m0/s1. The number of likely N-dealkylation sites (tertiary alicyclic amines) is 1. The third-order valence-corrected chi connectivity index (χ3v) is 8.51. The summed E-state index contributed by atoms with van der Waals surface area (Å²) in [7, 11) is 0. The van der Waals surface area contributed by atoms with E-state index in [9.17, 15) is 15.0 Å². The number of hydrogen-bond donors (Lipinski definition) is 4. The maximum absolute atomic E-state index is 12.3. The first-order chi connectivity index (χ1) is 14.4. The fourth-order valence-corrected chi connectivity index (χ4v) is 7.06. The zero-order valence-corrected chi connectivity index (χ0v) is 17.1. The highest BCUT2D eigenvalue weighted by Gasteiger charge is 2.72. The molecule has 3 fully saturated rings.